The van der Waals surface area contributed by atoms with Crippen molar-refractivity contribution >= 4 is 28.6 Å². The molecular weight excluding hydrogens is 224 g/mol. The van der Waals surface area contributed by atoms with Crippen LogP contribution in [0.1, 0.15) is 6.92 Å². The number of carboxylic acids is 1. The number of aromatic nitrogens is 2. The zero-order valence-corrected chi connectivity index (χ0v) is 9.40. The van der Waals surface area contributed by atoms with Crippen molar-refractivity contribution in [1.29, 1.82) is 0 Å². The van der Waals surface area contributed by atoms with Gasteiger partial charge in [-0.05, 0) is 13.0 Å². The van der Waals surface area contributed by atoms with E-state index in [9.17, 15) is 9.90 Å². The molecule has 0 bridgehead atoms. The number of carbonyl (C=O) groups excluding carboxylic acids is 1. The predicted molar refractivity (Wildman–Crippen MR) is 59.9 cm³/mol. The van der Waals surface area contributed by atoms with E-state index in [-0.39, 0.29) is 0 Å². The first-order valence-electron chi connectivity index (χ1n) is 4.76. The highest BCUT2D eigenvalue weighted by Crippen LogP contribution is 2.27. The van der Waals surface area contributed by atoms with Gasteiger partial charge < -0.3 is 9.90 Å². The van der Waals surface area contributed by atoms with Gasteiger partial charge in [-0.15, -0.1) is 0 Å². The number of rotatable bonds is 3. The molecule has 1 heterocycles. The van der Waals surface area contributed by atoms with Gasteiger partial charge in [0.25, 0.3) is 0 Å². The van der Waals surface area contributed by atoms with Crippen LogP contribution < -0.4 is 5.11 Å². The molecule has 0 spiro atoms. The van der Waals surface area contributed by atoms with Crippen LogP contribution in [-0.4, -0.2) is 21.2 Å². The van der Waals surface area contributed by atoms with E-state index in [0.717, 1.165) is 10.9 Å². The van der Waals surface area contributed by atoms with Gasteiger partial charge in [-0.25, -0.2) is 9.97 Å². The van der Waals surface area contributed by atoms with Crippen molar-refractivity contribution < 1.29 is 9.90 Å². The third-order valence-corrected chi connectivity index (χ3v) is 3.22. The summed E-state index contributed by atoms with van der Waals surface area (Å²) in [5, 5.41) is 11.6. The quantitative estimate of drug-likeness (QED) is 0.581. The maximum Gasteiger partial charge on any atom is 0.117 e. The van der Waals surface area contributed by atoms with E-state index >= 15 is 0 Å². The van der Waals surface area contributed by atoms with Crippen molar-refractivity contribution in [1.82, 2.24) is 9.97 Å². The average molecular weight is 233 g/mol. The number of benzene rings is 1. The third-order valence-electron chi connectivity index (χ3n) is 2.13. The van der Waals surface area contributed by atoms with Crippen molar-refractivity contribution in [3.8, 4) is 0 Å². The summed E-state index contributed by atoms with van der Waals surface area (Å²) in [5.74, 6) is -1.09. The van der Waals surface area contributed by atoms with Crippen LogP contribution in [0.4, 0.5) is 0 Å². The molecule has 0 N–H and O–H groups in total. The van der Waals surface area contributed by atoms with E-state index in [1.165, 1.54) is 18.1 Å². The van der Waals surface area contributed by atoms with Crippen LogP contribution in [0.25, 0.3) is 10.9 Å². The highest BCUT2D eigenvalue weighted by molar-refractivity contribution is 8.00. The number of aliphatic carboxylic acids is 1. The number of nitrogens with zero attached hydrogens (tertiary/aromatic N) is 2. The smallest absolute Gasteiger partial charge is 0.117 e. The molecule has 0 aliphatic rings. The Morgan fingerprint density at radius 1 is 1.38 bits per heavy atom. The predicted octanol–water partition coefficient (Wildman–Crippen LogP) is 0.860. The van der Waals surface area contributed by atoms with Crippen LogP contribution in [0.2, 0.25) is 0 Å². The lowest BCUT2D eigenvalue weighted by molar-refractivity contribution is -0.304. The Bertz CT molecular complexity index is 525. The molecule has 0 unspecified atom stereocenters. The summed E-state index contributed by atoms with van der Waals surface area (Å²) >= 11 is 1.17. The van der Waals surface area contributed by atoms with Gasteiger partial charge in [0.05, 0.1) is 11.5 Å². The average Bonchev–Trinajstić information content (AvgIpc) is 2.29. The monoisotopic (exact) mass is 233 g/mol. The molecule has 0 aliphatic heterocycles. The van der Waals surface area contributed by atoms with Crippen molar-refractivity contribution in [2.24, 2.45) is 0 Å². The molecule has 82 valence electrons. The van der Waals surface area contributed by atoms with Gasteiger partial charge >= 0.3 is 0 Å². The van der Waals surface area contributed by atoms with Crippen molar-refractivity contribution in [2.75, 3.05) is 0 Å². The molecule has 1 aromatic heterocycles. The lowest BCUT2D eigenvalue weighted by Crippen LogP contribution is -2.31. The van der Waals surface area contributed by atoms with Gasteiger partial charge in [0.1, 0.15) is 11.4 Å². The summed E-state index contributed by atoms with van der Waals surface area (Å²) in [6.45, 7) is 1.58. The molecule has 4 nitrogen and oxygen atoms in total. The molecule has 2 aromatic rings. The van der Waals surface area contributed by atoms with Gasteiger partial charge in [-0.2, -0.15) is 0 Å². The molecule has 1 aromatic carbocycles. The number of thioether (sulfide) groups is 1. The zero-order valence-electron chi connectivity index (χ0n) is 8.58. The molecule has 0 saturated carbocycles. The number of para-hydroxylation sites is 1. The third kappa shape index (κ3) is 2.14. The molecular formula is C11H9N2O2S-. The minimum absolute atomic E-state index is 0.627. The highest BCUT2D eigenvalue weighted by atomic mass is 32.2. The summed E-state index contributed by atoms with van der Waals surface area (Å²) < 4.78 is 0. The molecule has 0 fully saturated rings. The van der Waals surface area contributed by atoms with Gasteiger partial charge in [0.15, 0.2) is 0 Å². The highest BCUT2D eigenvalue weighted by Gasteiger charge is 2.09. The second-order valence-electron chi connectivity index (χ2n) is 3.28. The summed E-state index contributed by atoms with van der Waals surface area (Å²) in [6, 6.07) is 7.50. The minimum atomic E-state index is -1.09. The number of hydrogen-bond acceptors (Lipinski definition) is 5. The van der Waals surface area contributed by atoms with Crippen LogP contribution >= 0.6 is 11.8 Å². The first-order valence-corrected chi connectivity index (χ1v) is 5.63. The number of fused-ring (bicyclic) bond motifs is 1. The summed E-state index contributed by atoms with van der Waals surface area (Å²) in [7, 11) is 0. The van der Waals surface area contributed by atoms with Gasteiger partial charge in [-0.3, -0.25) is 0 Å². The second-order valence-corrected chi connectivity index (χ2v) is 4.60. The molecule has 1 atom stereocenters. The normalized spacial score (nSPS) is 12.6. The molecule has 0 aliphatic carbocycles. The Kier molecular flexibility index (Phi) is 3.05. The molecule has 2 rings (SSSR count). The van der Waals surface area contributed by atoms with Crippen LogP contribution in [-0.2, 0) is 4.79 Å². The van der Waals surface area contributed by atoms with Crippen LogP contribution in [0, 0.1) is 0 Å². The fourth-order valence-corrected chi connectivity index (χ4v) is 2.13. The topological polar surface area (TPSA) is 65.9 Å². The maximum absolute atomic E-state index is 10.7. The van der Waals surface area contributed by atoms with Crippen LogP contribution in [0.3, 0.4) is 0 Å². The first-order chi connectivity index (χ1) is 7.68. The fraction of sp³-hybridized carbons (Fsp3) is 0.182. The van der Waals surface area contributed by atoms with Crippen molar-refractivity contribution in [2.45, 2.75) is 17.2 Å². The summed E-state index contributed by atoms with van der Waals surface area (Å²) in [6.07, 6.45) is 1.44. The van der Waals surface area contributed by atoms with E-state index in [4.69, 9.17) is 0 Å². The van der Waals surface area contributed by atoms with Crippen molar-refractivity contribution in [3.05, 3.63) is 30.6 Å². The summed E-state index contributed by atoms with van der Waals surface area (Å²) in [4.78, 5) is 18.9. The van der Waals surface area contributed by atoms with E-state index in [0.29, 0.717) is 5.03 Å². The van der Waals surface area contributed by atoms with Gasteiger partial charge in [-0.1, -0.05) is 30.0 Å². The Balaban J connectivity index is 2.41. The lowest BCUT2D eigenvalue weighted by atomic mass is 10.2. The molecule has 0 radical (unpaired) electrons. The van der Waals surface area contributed by atoms with Gasteiger partial charge in [0.2, 0.25) is 0 Å². The minimum Gasteiger partial charge on any atom is -0.549 e. The zero-order chi connectivity index (χ0) is 11.5. The van der Waals surface area contributed by atoms with E-state index in [1.54, 1.807) is 6.92 Å². The molecule has 0 amide bonds. The Labute approximate surface area is 96.7 Å². The second kappa shape index (κ2) is 4.49. The van der Waals surface area contributed by atoms with E-state index in [1.807, 2.05) is 24.3 Å². The Morgan fingerprint density at radius 3 is 2.88 bits per heavy atom. The molecule has 0 saturated heterocycles. The largest absolute Gasteiger partial charge is 0.549 e. The van der Waals surface area contributed by atoms with E-state index in [2.05, 4.69) is 9.97 Å². The lowest BCUT2D eigenvalue weighted by Gasteiger charge is -2.12. The van der Waals surface area contributed by atoms with Crippen LogP contribution in [0.5, 0.6) is 0 Å². The van der Waals surface area contributed by atoms with Gasteiger partial charge in [0, 0.05) is 10.6 Å². The fourth-order valence-electron chi connectivity index (χ4n) is 1.29. The van der Waals surface area contributed by atoms with E-state index < -0.39 is 11.2 Å². The maximum atomic E-state index is 10.7. The first kappa shape index (κ1) is 10.9. The summed E-state index contributed by atoms with van der Waals surface area (Å²) in [5.41, 5.74) is 0.811. The Hall–Kier alpha value is -1.62. The van der Waals surface area contributed by atoms with Crippen LogP contribution in [0.15, 0.2) is 35.6 Å². The number of carboxylic acid groups (broad SMARTS) is 1. The number of carbonyl (C=O) groups is 1. The van der Waals surface area contributed by atoms with Crippen molar-refractivity contribution in [3.63, 3.8) is 0 Å². The standard InChI is InChI=1S/C11H10N2O2S/c1-7(11(14)15)16-10-8-4-2-3-5-9(8)12-6-13-10/h2-7H,1H3,(H,14,15)/p-1/t7-/m1/s1. The Morgan fingerprint density at radius 2 is 2.12 bits per heavy atom. The number of hydrogen-bond donors (Lipinski definition) is 0. The SMILES string of the molecule is C[C@@H](Sc1ncnc2ccccc12)C(=O)[O-]. The molecule has 16 heavy (non-hydrogen) atoms. The molecule has 5 heteroatoms.